The number of carbonyl (C=O) groups excluding carboxylic acids is 1. The van der Waals surface area contributed by atoms with Gasteiger partial charge in [0.15, 0.2) is 0 Å². The van der Waals surface area contributed by atoms with Crippen LogP contribution in [-0.4, -0.2) is 10.8 Å². The molecule has 9 heteroatoms. The van der Waals surface area contributed by atoms with Gasteiger partial charge in [0, 0.05) is 28.4 Å². The summed E-state index contributed by atoms with van der Waals surface area (Å²) in [7, 11) is 0. The first kappa shape index (κ1) is 26.9. The Bertz CT molecular complexity index is 1530. The van der Waals surface area contributed by atoms with Gasteiger partial charge in [-0.05, 0) is 71.8 Å². The molecule has 0 radical (unpaired) electrons. The number of nitro benzene ring substituents is 1. The van der Waals surface area contributed by atoms with Gasteiger partial charge in [0.1, 0.15) is 36.4 Å². The van der Waals surface area contributed by atoms with E-state index in [-0.39, 0.29) is 17.9 Å². The zero-order valence-electron chi connectivity index (χ0n) is 20.5. The minimum atomic E-state index is -0.600. The van der Waals surface area contributed by atoms with E-state index in [1.165, 1.54) is 18.2 Å². The van der Waals surface area contributed by atoms with Crippen molar-refractivity contribution in [1.82, 2.24) is 0 Å². The van der Waals surface area contributed by atoms with Crippen LogP contribution in [0.25, 0.3) is 6.08 Å². The summed E-state index contributed by atoms with van der Waals surface area (Å²) in [5, 5.41) is 23.6. The molecule has 4 aromatic rings. The molecule has 0 aliphatic carbocycles. The Kier molecular flexibility index (Phi) is 8.91. The molecular formula is C30H22ClN3O5. The Hall–Kier alpha value is -5.13. The highest BCUT2D eigenvalue weighted by molar-refractivity contribution is 6.30. The molecule has 0 aromatic heterocycles. The second-order valence-corrected chi connectivity index (χ2v) is 8.75. The number of rotatable bonds is 10. The van der Waals surface area contributed by atoms with E-state index in [1.54, 1.807) is 54.6 Å². The first-order chi connectivity index (χ1) is 18.9. The van der Waals surface area contributed by atoms with Crippen LogP contribution in [0.4, 0.5) is 11.4 Å². The van der Waals surface area contributed by atoms with Crippen molar-refractivity contribution in [3.8, 4) is 17.6 Å². The molecule has 1 amide bonds. The fourth-order valence-corrected chi connectivity index (χ4v) is 3.70. The van der Waals surface area contributed by atoms with E-state index in [0.29, 0.717) is 39.9 Å². The third-order valence-electron chi connectivity index (χ3n) is 5.54. The molecule has 4 rings (SSSR count). The topological polar surface area (TPSA) is 114 Å². The van der Waals surface area contributed by atoms with Gasteiger partial charge >= 0.3 is 0 Å². The number of ether oxygens (including phenoxy) is 2. The summed E-state index contributed by atoms with van der Waals surface area (Å²) in [4.78, 5) is 23.2. The van der Waals surface area contributed by atoms with Crippen LogP contribution in [0.5, 0.6) is 11.5 Å². The van der Waals surface area contributed by atoms with Crippen molar-refractivity contribution >= 4 is 35.0 Å². The van der Waals surface area contributed by atoms with Gasteiger partial charge in [-0.3, -0.25) is 14.9 Å². The summed E-state index contributed by atoms with van der Waals surface area (Å²) in [5.41, 5.74) is 2.50. The number of nitrogens with zero attached hydrogens (tertiary/aromatic N) is 2. The lowest BCUT2D eigenvalue weighted by Gasteiger charge is -2.11. The monoisotopic (exact) mass is 539 g/mol. The van der Waals surface area contributed by atoms with Crippen LogP contribution in [-0.2, 0) is 18.0 Å². The number of benzene rings is 4. The third kappa shape index (κ3) is 7.68. The Morgan fingerprint density at radius 1 is 0.923 bits per heavy atom. The van der Waals surface area contributed by atoms with Gasteiger partial charge in [0.25, 0.3) is 11.6 Å². The highest BCUT2D eigenvalue weighted by Gasteiger charge is 2.13. The fraction of sp³-hybridized carbons (Fsp3) is 0.0667. The van der Waals surface area contributed by atoms with Gasteiger partial charge in [0.2, 0.25) is 0 Å². The number of hydrogen-bond acceptors (Lipinski definition) is 6. The molecule has 0 unspecified atom stereocenters. The van der Waals surface area contributed by atoms with E-state index < -0.39 is 10.8 Å². The van der Waals surface area contributed by atoms with Crippen molar-refractivity contribution in [2.24, 2.45) is 0 Å². The number of anilines is 1. The predicted octanol–water partition coefficient (Wildman–Crippen LogP) is 6.95. The van der Waals surface area contributed by atoms with Crippen LogP contribution in [0.2, 0.25) is 5.02 Å². The lowest BCUT2D eigenvalue weighted by molar-refractivity contribution is -0.384. The van der Waals surface area contributed by atoms with Crippen LogP contribution in [0.15, 0.2) is 103 Å². The number of nitriles is 1. The smallest absolute Gasteiger partial charge is 0.269 e. The van der Waals surface area contributed by atoms with Crippen LogP contribution in [0.1, 0.15) is 16.7 Å². The average molecular weight is 540 g/mol. The zero-order valence-corrected chi connectivity index (χ0v) is 21.3. The quantitative estimate of drug-likeness (QED) is 0.101. The van der Waals surface area contributed by atoms with Gasteiger partial charge in [-0.2, -0.15) is 5.26 Å². The number of amides is 1. The maximum absolute atomic E-state index is 12.8. The minimum absolute atomic E-state index is 0.0205. The maximum Gasteiger partial charge on any atom is 0.269 e. The molecule has 4 aromatic carbocycles. The molecule has 0 heterocycles. The SMILES string of the molecule is N#C/C(=C\c1cc(Cl)ccc1OCc1ccc([N+](=O)[O-])cc1)C(=O)Nc1ccc(OCc2ccccc2)cc1. The number of nitrogens with one attached hydrogen (secondary N) is 1. The van der Waals surface area contributed by atoms with Crippen molar-refractivity contribution in [1.29, 1.82) is 5.26 Å². The molecule has 194 valence electrons. The lowest BCUT2D eigenvalue weighted by atomic mass is 10.1. The number of hydrogen-bond donors (Lipinski definition) is 1. The normalized spacial score (nSPS) is 10.8. The largest absolute Gasteiger partial charge is 0.489 e. The summed E-state index contributed by atoms with van der Waals surface area (Å²) < 4.78 is 11.6. The van der Waals surface area contributed by atoms with Crippen LogP contribution in [0, 0.1) is 21.4 Å². The van der Waals surface area contributed by atoms with Crippen molar-refractivity contribution in [2.45, 2.75) is 13.2 Å². The van der Waals surface area contributed by atoms with Gasteiger partial charge in [-0.25, -0.2) is 0 Å². The summed E-state index contributed by atoms with van der Waals surface area (Å²) in [5.74, 6) is 0.427. The maximum atomic E-state index is 12.8. The van der Waals surface area contributed by atoms with E-state index in [1.807, 2.05) is 36.4 Å². The van der Waals surface area contributed by atoms with Crippen molar-refractivity contribution in [3.63, 3.8) is 0 Å². The molecule has 0 spiro atoms. The molecule has 39 heavy (non-hydrogen) atoms. The second kappa shape index (κ2) is 12.9. The summed E-state index contributed by atoms with van der Waals surface area (Å²) in [6.07, 6.45) is 1.39. The van der Waals surface area contributed by atoms with E-state index in [4.69, 9.17) is 21.1 Å². The summed E-state index contributed by atoms with van der Waals surface area (Å²) >= 11 is 6.15. The fourth-order valence-electron chi connectivity index (χ4n) is 3.52. The van der Waals surface area contributed by atoms with Crippen LogP contribution >= 0.6 is 11.6 Å². The van der Waals surface area contributed by atoms with E-state index in [2.05, 4.69) is 5.32 Å². The standard InChI is InChI=1S/C30H22ClN3O5/c31-25-8-15-29(39-20-22-6-11-27(12-7-22)34(36)37)23(17-25)16-24(18-32)30(35)33-26-9-13-28(14-10-26)38-19-21-4-2-1-3-5-21/h1-17H,19-20H2,(H,33,35)/b24-16+. The highest BCUT2D eigenvalue weighted by atomic mass is 35.5. The third-order valence-corrected chi connectivity index (χ3v) is 5.77. The van der Waals surface area contributed by atoms with Gasteiger partial charge in [0.05, 0.1) is 4.92 Å². The number of nitro groups is 1. The molecule has 8 nitrogen and oxygen atoms in total. The van der Waals surface area contributed by atoms with Crippen LogP contribution < -0.4 is 14.8 Å². The number of non-ortho nitro benzene ring substituents is 1. The molecule has 0 atom stereocenters. The van der Waals surface area contributed by atoms with Crippen molar-refractivity contribution < 1.29 is 19.2 Å². The lowest BCUT2D eigenvalue weighted by Crippen LogP contribution is -2.13. The number of halogens is 1. The zero-order chi connectivity index (χ0) is 27.6. The molecule has 0 aliphatic heterocycles. The van der Waals surface area contributed by atoms with Crippen LogP contribution in [0.3, 0.4) is 0 Å². The molecule has 1 N–H and O–H groups in total. The van der Waals surface area contributed by atoms with E-state index in [0.717, 1.165) is 5.56 Å². The predicted molar refractivity (Wildman–Crippen MR) is 148 cm³/mol. The first-order valence-corrected chi connectivity index (χ1v) is 12.1. The molecule has 0 aliphatic rings. The highest BCUT2D eigenvalue weighted by Crippen LogP contribution is 2.27. The Morgan fingerprint density at radius 3 is 2.26 bits per heavy atom. The van der Waals surface area contributed by atoms with Crippen molar-refractivity contribution in [3.05, 3.63) is 134 Å². The average Bonchev–Trinajstić information content (AvgIpc) is 2.95. The first-order valence-electron chi connectivity index (χ1n) is 11.8. The second-order valence-electron chi connectivity index (χ2n) is 8.32. The van der Waals surface area contributed by atoms with Crippen molar-refractivity contribution in [2.75, 3.05) is 5.32 Å². The molecule has 0 fully saturated rings. The summed E-state index contributed by atoms with van der Waals surface area (Å²) in [6, 6.07) is 29.3. The summed E-state index contributed by atoms with van der Waals surface area (Å²) in [6.45, 7) is 0.537. The molecule has 0 saturated carbocycles. The molecule has 0 bridgehead atoms. The Balaban J connectivity index is 1.42. The van der Waals surface area contributed by atoms with E-state index in [9.17, 15) is 20.2 Å². The Morgan fingerprint density at radius 2 is 1.59 bits per heavy atom. The Labute approximate surface area is 229 Å². The number of carbonyl (C=O) groups is 1. The van der Waals surface area contributed by atoms with Gasteiger partial charge in [-0.15, -0.1) is 0 Å². The van der Waals surface area contributed by atoms with Gasteiger partial charge in [-0.1, -0.05) is 41.9 Å². The van der Waals surface area contributed by atoms with E-state index >= 15 is 0 Å². The minimum Gasteiger partial charge on any atom is -0.489 e. The van der Waals surface area contributed by atoms with Gasteiger partial charge < -0.3 is 14.8 Å². The molecule has 0 saturated heterocycles. The molecular weight excluding hydrogens is 518 g/mol.